The second-order valence-electron chi connectivity index (χ2n) is 5.88. The molecule has 9 heteroatoms. The van der Waals surface area contributed by atoms with Crippen molar-refractivity contribution in [1.29, 1.82) is 0 Å². The molecule has 0 radical (unpaired) electrons. The second-order valence-corrected chi connectivity index (χ2v) is 5.88. The summed E-state index contributed by atoms with van der Waals surface area (Å²) in [4.78, 5) is 24.6. The number of carbonyl (C=O) groups is 1. The number of halogens is 2. The van der Waals surface area contributed by atoms with E-state index in [-0.39, 0.29) is 29.7 Å². The molecular formula is C18H19ClFN3O4. The van der Waals surface area contributed by atoms with Gasteiger partial charge in [-0.15, -0.1) is 12.4 Å². The van der Waals surface area contributed by atoms with Crippen LogP contribution in [0.2, 0.25) is 0 Å². The van der Waals surface area contributed by atoms with E-state index in [0.717, 1.165) is 23.8 Å². The Morgan fingerprint density at radius 2 is 2.07 bits per heavy atom. The normalized spacial score (nSPS) is 16.4. The van der Waals surface area contributed by atoms with Crippen LogP contribution in [0.4, 0.5) is 10.1 Å². The van der Waals surface area contributed by atoms with Crippen LogP contribution in [-0.2, 0) is 0 Å². The lowest BCUT2D eigenvalue weighted by atomic mass is 10.0. The third-order valence-electron chi connectivity index (χ3n) is 4.40. The van der Waals surface area contributed by atoms with Gasteiger partial charge in [0.15, 0.2) is 0 Å². The van der Waals surface area contributed by atoms with E-state index in [9.17, 15) is 19.3 Å². The number of nitro groups is 1. The minimum Gasteiger partial charge on any atom is -0.496 e. The Hall–Kier alpha value is -2.71. The first-order valence-corrected chi connectivity index (χ1v) is 8.11. The Bertz CT molecular complexity index is 849. The van der Waals surface area contributed by atoms with E-state index >= 15 is 0 Å². The molecule has 1 saturated heterocycles. The highest BCUT2D eigenvalue weighted by molar-refractivity contribution is 5.95. The monoisotopic (exact) mass is 395 g/mol. The Labute approximate surface area is 161 Å². The zero-order valence-corrected chi connectivity index (χ0v) is 15.4. The number of nitrogens with zero attached hydrogens (tertiary/aromatic N) is 2. The van der Waals surface area contributed by atoms with Crippen molar-refractivity contribution in [2.24, 2.45) is 0 Å². The number of methoxy groups -OCH3 is 1. The van der Waals surface area contributed by atoms with Crippen molar-refractivity contribution < 1.29 is 18.8 Å². The third-order valence-corrected chi connectivity index (χ3v) is 4.40. The van der Waals surface area contributed by atoms with Gasteiger partial charge in [0.2, 0.25) is 0 Å². The summed E-state index contributed by atoms with van der Waals surface area (Å²) in [6.45, 7) is 1.46. The van der Waals surface area contributed by atoms with Gasteiger partial charge in [0, 0.05) is 31.3 Å². The Morgan fingerprint density at radius 1 is 1.33 bits per heavy atom. The lowest BCUT2D eigenvalue weighted by Gasteiger charge is -2.37. The lowest BCUT2D eigenvalue weighted by molar-refractivity contribution is -0.385. The van der Waals surface area contributed by atoms with Crippen molar-refractivity contribution in [2.45, 2.75) is 6.04 Å². The summed E-state index contributed by atoms with van der Waals surface area (Å²) in [5.41, 5.74) is 0.246. The van der Waals surface area contributed by atoms with Gasteiger partial charge in [-0.25, -0.2) is 4.39 Å². The molecule has 0 bridgehead atoms. The summed E-state index contributed by atoms with van der Waals surface area (Å²) in [6.07, 6.45) is 0. The van der Waals surface area contributed by atoms with E-state index in [4.69, 9.17) is 4.74 Å². The SMILES string of the molecule is COc1ccccc1C1CNCCN1C(=O)c1ccc([N+](=O)[O-])cc1F.Cl. The predicted octanol–water partition coefficient (Wildman–Crippen LogP) is 2.95. The van der Waals surface area contributed by atoms with Crippen LogP contribution in [0.3, 0.4) is 0 Å². The summed E-state index contributed by atoms with van der Waals surface area (Å²) in [5.74, 6) is -0.764. The number of non-ortho nitro benzene ring substituents is 1. The first-order valence-electron chi connectivity index (χ1n) is 8.11. The molecule has 1 heterocycles. The van der Waals surface area contributed by atoms with E-state index in [1.807, 2.05) is 18.2 Å². The summed E-state index contributed by atoms with van der Waals surface area (Å²) in [6, 6.07) is 10.1. The average molecular weight is 396 g/mol. The van der Waals surface area contributed by atoms with Crippen molar-refractivity contribution >= 4 is 24.0 Å². The number of rotatable bonds is 4. The fourth-order valence-corrected chi connectivity index (χ4v) is 3.11. The molecule has 1 atom stereocenters. The zero-order valence-electron chi connectivity index (χ0n) is 14.6. The first-order chi connectivity index (χ1) is 12.5. The molecule has 0 aliphatic carbocycles. The molecule has 2 aromatic carbocycles. The van der Waals surface area contributed by atoms with Crippen LogP contribution in [0, 0.1) is 15.9 Å². The summed E-state index contributed by atoms with van der Waals surface area (Å²) in [5, 5.41) is 14.0. The van der Waals surface area contributed by atoms with Crippen molar-refractivity contribution in [3.8, 4) is 5.75 Å². The molecule has 0 aromatic heterocycles. The van der Waals surface area contributed by atoms with Gasteiger partial charge in [-0.2, -0.15) is 0 Å². The van der Waals surface area contributed by atoms with E-state index < -0.39 is 16.6 Å². The van der Waals surface area contributed by atoms with Crippen molar-refractivity contribution in [2.75, 3.05) is 26.7 Å². The Balaban J connectivity index is 0.00000261. The summed E-state index contributed by atoms with van der Waals surface area (Å²) in [7, 11) is 1.55. The molecule has 1 unspecified atom stereocenters. The molecule has 1 amide bonds. The van der Waals surface area contributed by atoms with E-state index in [0.29, 0.717) is 25.4 Å². The number of hydrogen-bond acceptors (Lipinski definition) is 5. The van der Waals surface area contributed by atoms with Gasteiger partial charge in [-0.05, 0) is 12.1 Å². The van der Waals surface area contributed by atoms with Gasteiger partial charge in [0.05, 0.1) is 29.7 Å². The zero-order chi connectivity index (χ0) is 18.7. The van der Waals surface area contributed by atoms with Crippen LogP contribution in [-0.4, -0.2) is 42.5 Å². The summed E-state index contributed by atoms with van der Waals surface area (Å²) < 4.78 is 19.7. The number of nitro benzene ring substituents is 1. The highest BCUT2D eigenvalue weighted by Gasteiger charge is 2.32. The topological polar surface area (TPSA) is 84.7 Å². The van der Waals surface area contributed by atoms with Gasteiger partial charge in [0.25, 0.3) is 11.6 Å². The van der Waals surface area contributed by atoms with Crippen LogP contribution < -0.4 is 10.1 Å². The maximum absolute atomic E-state index is 14.3. The molecule has 1 fully saturated rings. The van der Waals surface area contributed by atoms with Crippen LogP contribution >= 0.6 is 12.4 Å². The molecule has 27 heavy (non-hydrogen) atoms. The molecule has 1 aliphatic heterocycles. The van der Waals surface area contributed by atoms with Gasteiger partial charge in [-0.1, -0.05) is 18.2 Å². The largest absolute Gasteiger partial charge is 0.496 e. The Kier molecular flexibility index (Phi) is 6.70. The maximum atomic E-state index is 14.3. The average Bonchev–Trinajstić information content (AvgIpc) is 2.67. The van der Waals surface area contributed by atoms with Crippen LogP contribution in [0.1, 0.15) is 22.0 Å². The van der Waals surface area contributed by atoms with E-state index in [1.165, 1.54) is 0 Å². The molecule has 0 spiro atoms. The van der Waals surface area contributed by atoms with Gasteiger partial charge >= 0.3 is 0 Å². The third kappa shape index (κ3) is 4.17. The molecule has 3 rings (SSSR count). The highest BCUT2D eigenvalue weighted by Crippen LogP contribution is 2.31. The van der Waals surface area contributed by atoms with Gasteiger partial charge in [-0.3, -0.25) is 14.9 Å². The van der Waals surface area contributed by atoms with Crippen LogP contribution in [0.5, 0.6) is 5.75 Å². The molecule has 1 aliphatic rings. The highest BCUT2D eigenvalue weighted by atomic mass is 35.5. The summed E-state index contributed by atoms with van der Waals surface area (Å²) >= 11 is 0. The van der Waals surface area contributed by atoms with Crippen LogP contribution in [0.15, 0.2) is 42.5 Å². The first kappa shape index (κ1) is 20.6. The maximum Gasteiger partial charge on any atom is 0.272 e. The number of para-hydroxylation sites is 1. The smallest absolute Gasteiger partial charge is 0.272 e. The fourth-order valence-electron chi connectivity index (χ4n) is 3.11. The molecular weight excluding hydrogens is 377 g/mol. The van der Waals surface area contributed by atoms with E-state index in [2.05, 4.69) is 5.32 Å². The quantitative estimate of drug-likeness (QED) is 0.635. The number of benzene rings is 2. The molecule has 2 aromatic rings. The molecule has 144 valence electrons. The Morgan fingerprint density at radius 3 is 2.74 bits per heavy atom. The molecule has 1 N–H and O–H groups in total. The van der Waals surface area contributed by atoms with Gasteiger partial charge < -0.3 is 15.0 Å². The second kappa shape index (κ2) is 8.79. The minimum atomic E-state index is -0.901. The minimum absolute atomic E-state index is 0. The van der Waals surface area contributed by atoms with Crippen molar-refractivity contribution in [1.82, 2.24) is 10.2 Å². The number of piperazine rings is 1. The van der Waals surface area contributed by atoms with Crippen molar-refractivity contribution in [3.05, 3.63) is 69.5 Å². The number of nitrogens with one attached hydrogen (secondary N) is 1. The van der Waals surface area contributed by atoms with Crippen molar-refractivity contribution in [3.63, 3.8) is 0 Å². The standard InChI is InChI=1S/C18H18FN3O4.ClH/c1-26-17-5-3-2-4-14(17)16-11-20-8-9-21(16)18(23)13-7-6-12(22(24)25)10-15(13)19;/h2-7,10,16,20H,8-9,11H2,1H3;1H. The lowest BCUT2D eigenvalue weighted by Crippen LogP contribution is -2.49. The number of amides is 1. The van der Waals surface area contributed by atoms with E-state index in [1.54, 1.807) is 18.1 Å². The van der Waals surface area contributed by atoms with Crippen LogP contribution in [0.25, 0.3) is 0 Å². The number of ether oxygens (including phenoxy) is 1. The number of hydrogen-bond donors (Lipinski definition) is 1. The predicted molar refractivity (Wildman–Crippen MR) is 99.9 cm³/mol. The number of carbonyl (C=O) groups excluding carboxylic acids is 1. The fraction of sp³-hybridized carbons (Fsp3) is 0.278. The molecule has 7 nitrogen and oxygen atoms in total. The molecule has 0 saturated carbocycles. The van der Waals surface area contributed by atoms with Gasteiger partial charge in [0.1, 0.15) is 11.6 Å².